The summed E-state index contributed by atoms with van der Waals surface area (Å²) in [6.07, 6.45) is 0.833. The summed E-state index contributed by atoms with van der Waals surface area (Å²) in [5.74, 6) is -1.49. The van der Waals surface area contributed by atoms with Crippen LogP contribution in [0.25, 0.3) is 0 Å². The number of amides is 2. The van der Waals surface area contributed by atoms with E-state index in [1.165, 1.54) is 36.2 Å². The van der Waals surface area contributed by atoms with Gasteiger partial charge < -0.3 is 15.1 Å². The molecular weight excluding hydrogens is 261 g/mol. The van der Waals surface area contributed by atoms with Gasteiger partial charge in [0.25, 0.3) is 0 Å². The molecule has 5 nitrogen and oxygen atoms in total. The zero-order chi connectivity index (χ0) is 14.5. The summed E-state index contributed by atoms with van der Waals surface area (Å²) in [7, 11) is 1.52. The van der Waals surface area contributed by atoms with E-state index in [-0.39, 0.29) is 5.82 Å². The maximum atomic E-state index is 12.9. The van der Waals surface area contributed by atoms with E-state index in [1.54, 1.807) is 4.90 Å². The molecule has 2 amide bonds. The molecule has 108 valence electrons. The summed E-state index contributed by atoms with van der Waals surface area (Å²) in [6.45, 7) is 2.65. The van der Waals surface area contributed by atoms with Gasteiger partial charge in [0.2, 0.25) is 0 Å². The number of anilines is 1. The molecule has 0 atom stereocenters. The monoisotopic (exact) mass is 279 g/mol. The Morgan fingerprint density at radius 2 is 1.90 bits per heavy atom. The molecule has 1 heterocycles. The number of hydrogen-bond donors (Lipinski definition) is 1. The molecule has 1 aliphatic heterocycles. The first-order chi connectivity index (χ1) is 9.59. The molecule has 0 unspecified atom stereocenters. The maximum absolute atomic E-state index is 12.9. The van der Waals surface area contributed by atoms with E-state index >= 15 is 0 Å². The number of benzene rings is 1. The molecule has 1 aliphatic rings. The second-order valence-corrected chi connectivity index (χ2v) is 4.74. The Morgan fingerprint density at radius 3 is 2.60 bits per heavy atom. The lowest BCUT2D eigenvalue weighted by Gasteiger charge is -2.23. The number of carbonyl (C=O) groups is 2. The van der Waals surface area contributed by atoms with Crippen molar-refractivity contribution in [1.82, 2.24) is 10.2 Å². The average molecular weight is 279 g/mol. The highest BCUT2D eigenvalue weighted by atomic mass is 19.1. The predicted molar refractivity (Wildman–Crippen MR) is 73.9 cm³/mol. The van der Waals surface area contributed by atoms with E-state index in [2.05, 4.69) is 5.32 Å². The Morgan fingerprint density at radius 1 is 1.20 bits per heavy atom. The van der Waals surface area contributed by atoms with E-state index in [4.69, 9.17) is 0 Å². The van der Waals surface area contributed by atoms with Gasteiger partial charge in [-0.25, -0.2) is 4.39 Å². The van der Waals surface area contributed by atoms with Gasteiger partial charge in [-0.15, -0.1) is 0 Å². The van der Waals surface area contributed by atoms with Crippen molar-refractivity contribution in [2.24, 2.45) is 0 Å². The lowest BCUT2D eigenvalue weighted by Crippen LogP contribution is -2.45. The van der Waals surface area contributed by atoms with Crippen molar-refractivity contribution >= 4 is 17.5 Å². The molecule has 1 fully saturated rings. The van der Waals surface area contributed by atoms with Gasteiger partial charge in [-0.2, -0.15) is 0 Å². The maximum Gasteiger partial charge on any atom is 0.316 e. The van der Waals surface area contributed by atoms with Crippen molar-refractivity contribution in [2.45, 2.75) is 6.42 Å². The largest absolute Gasteiger partial charge is 0.333 e. The second kappa shape index (κ2) is 6.47. The summed E-state index contributed by atoms with van der Waals surface area (Å²) >= 11 is 0. The van der Waals surface area contributed by atoms with Crippen molar-refractivity contribution in [3.05, 3.63) is 30.1 Å². The lowest BCUT2D eigenvalue weighted by molar-refractivity contribution is -0.144. The Labute approximate surface area is 117 Å². The van der Waals surface area contributed by atoms with Crippen LogP contribution < -0.4 is 10.2 Å². The van der Waals surface area contributed by atoms with Gasteiger partial charge in [-0.05, 0) is 37.2 Å². The number of nitrogens with one attached hydrogen (secondary N) is 1. The van der Waals surface area contributed by atoms with Gasteiger partial charge >= 0.3 is 11.8 Å². The fourth-order valence-electron chi connectivity index (χ4n) is 2.11. The summed E-state index contributed by atoms with van der Waals surface area (Å²) in [4.78, 5) is 27.1. The molecule has 1 saturated heterocycles. The molecule has 0 radical (unpaired) electrons. The van der Waals surface area contributed by atoms with Crippen LogP contribution in [0, 0.1) is 5.82 Å². The zero-order valence-corrected chi connectivity index (χ0v) is 11.4. The van der Waals surface area contributed by atoms with E-state index in [0.29, 0.717) is 25.3 Å². The van der Waals surface area contributed by atoms with E-state index in [9.17, 15) is 14.0 Å². The third kappa shape index (κ3) is 3.33. The topological polar surface area (TPSA) is 52.7 Å². The third-order valence-electron chi connectivity index (χ3n) is 3.33. The van der Waals surface area contributed by atoms with Gasteiger partial charge in [0.05, 0.1) is 0 Å². The molecule has 0 aromatic heterocycles. The Bertz CT molecular complexity index is 482. The first-order valence-electron chi connectivity index (χ1n) is 6.63. The molecule has 2 rings (SSSR count). The number of halogens is 1. The molecule has 0 aliphatic carbocycles. The van der Waals surface area contributed by atoms with Crippen molar-refractivity contribution in [1.29, 1.82) is 0 Å². The standard InChI is InChI=1S/C14H18FN3O2/c1-17(12-5-3-11(15)4-6-12)13(19)14(20)18-9-2-7-16-8-10-18/h3-6,16H,2,7-10H2,1H3. The normalized spacial score (nSPS) is 15.6. The summed E-state index contributed by atoms with van der Waals surface area (Å²) < 4.78 is 12.9. The number of rotatable bonds is 1. The van der Waals surface area contributed by atoms with Crippen molar-refractivity contribution < 1.29 is 14.0 Å². The fraction of sp³-hybridized carbons (Fsp3) is 0.429. The van der Waals surface area contributed by atoms with Crippen LogP contribution in [0.4, 0.5) is 10.1 Å². The SMILES string of the molecule is CN(C(=O)C(=O)N1CCCNCC1)c1ccc(F)cc1. The van der Waals surface area contributed by atoms with E-state index < -0.39 is 11.8 Å². The van der Waals surface area contributed by atoms with Crippen LogP contribution in [0.15, 0.2) is 24.3 Å². The lowest BCUT2D eigenvalue weighted by atomic mass is 10.2. The highest BCUT2D eigenvalue weighted by Gasteiger charge is 2.26. The minimum atomic E-state index is -0.599. The molecule has 0 bridgehead atoms. The van der Waals surface area contributed by atoms with Crippen LogP contribution in [-0.4, -0.2) is 49.9 Å². The molecule has 1 aromatic rings. The fourth-order valence-corrected chi connectivity index (χ4v) is 2.11. The third-order valence-corrected chi connectivity index (χ3v) is 3.33. The van der Waals surface area contributed by atoms with Crippen LogP contribution >= 0.6 is 0 Å². The molecule has 0 spiro atoms. The van der Waals surface area contributed by atoms with Gasteiger partial charge in [0.15, 0.2) is 0 Å². The second-order valence-electron chi connectivity index (χ2n) is 4.74. The van der Waals surface area contributed by atoms with Gasteiger partial charge in [0.1, 0.15) is 5.82 Å². The Balaban J connectivity index is 2.05. The minimum absolute atomic E-state index is 0.375. The van der Waals surface area contributed by atoms with Gasteiger partial charge in [0, 0.05) is 32.4 Å². The first-order valence-corrected chi connectivity index (χ1v) is 6.63. The van der Waals surface area contributed by atoms with Crippen LogP contribution in [0.1, 0.15) is 6.42 Å². The van der Waals surface area contributed by atoms with E-state index in [0.717, 1.165) is 13.0 Å². The van der Waals surface area contributed by atoms with Crippen LogP contribution in [-0.2, 0) is 9.59 Å². The highest BCUT2D eigenvalue weighted by Crippen LogP contribution is 2.14. The summed E-state index contributed by atoms with van der Waals surface area (Å²) in [6, 6.07) is 5.48. The number of hydrogen-bond acceptors (Lipinski definition) is 3. The number of carbonyl (C=O) groups excluding carboxylic acids is 2. The Hall–Kier alpha value is -1.95. The molecule has 0 saturated carbocycles. The summed E-state index contributed by atoms with van der Waals surface area (Å²) in [5.41, 5.74) is 0.498. The molecule has 20 heavy (non-hydrogen) atoms. The van der Waals surface area contributed by atoms with Crippen molar-refractivity contribution in [2.75, 3.05) is 38.1 Å². The zero-order valence-electron chi connectivity index (χ0n) is 11.4. The number of likely N-dealkylation sites (N-methyl/N-ethyl adjacent to an activating group) is 1. The highest BCUT2D eigenvalue weighted by molar-refractivity contribution is 6.40. The van der Waals surface area contributed by atoms with Gasteiger partial charge in [-0.1, -0.05) is 0 Å². The molecule has 1 N–H and O–H groups in total. The predicted octanol–water partition coefficient (Wildman–Crippen LogP) is 0.610. The quantitative estimate of drug-likeness (QED) is 0.766. The molecular formula is C14H18FN3O2. The van der Waals surface area contributed by atoms with Crippen LogP contribution in [0.5, 0.6) is 0 Å². The minimum Gasteiger partial charge on any atom is -0.333 e. The molecule has 1 aromatic carbocycles. The van der Waals surface area contributed by atoms with Crippen LogP contribution in [0.2, 0.25) is 0 Å². The number of nitrogens with zero attached hydrogens (tertiary/aromatic N) is 2. The van der Waals surface area contributed by atoms with Crippen LogP contribution in [0.3, 0.4) is 0 Å². The van der Waals surface area contributed by atoms with Gasteiger partial charge in [-0.3, -0.25) is 9.59 Å². The smallest absolute Gasteiger partial charge is 0.316 e. The molecule has 6 heteroatoms. The Kier molecular flexibility index (Phi) is 4.68. The van der Waals surface area contributed by atoms with Crippen molar-refractivity contribution in [3.8, 4) is 0 Å². The summed E-state index contributed by atoms with van der Waals surface area (Å²) in [5, 5.41) is 3.18. The van der Waals surface area contributed by atoms with Crippen molar-refractivity contribution in [3.63, 3.8) is 0 Å². The first kappa shape index (κ1) is 14.5. The average Bonchev–Trinajstić information content (AvgIpc) is 2.75. The van der Waals surface area contributed by atoms with E-state index in [1.807, 2.05) is 0 Å².